The van der Waals surface area contributed by atoms with Gasteiger partial charge < -0.3 is 9.53 Å². The molecule has 0 saturated carbocycles. The number of carbonyl (C=O) groups is 1. The van der Waals surface area contributed by atoms with Gasteiger partial charge in [-0.15, -0.1) is 0 Å². The van der Waals surface area contributed by atoms with E-state index in [2.05, 4.69) is 33.9 Å². The third-order valence-electron chi connectivity index (χ3n) is 4.58. The zero-order chi connectivity index (χ0) is 17.0. The lowest BCUT2D eigenvalue weighted by Gasteiger charge is -2.37. The van der Waals surface area contributed by atoms with Crippen LogP contribution in [0.3, 0.4) is 0 Å². The molecule has 6 heteroatoms. The van der Waals surface area contributed by atoms with Crippen LogP contribution in [-0.4, -0.2) is 51.3 Å². The van der Waals surface area contributed by atoms with Gasteiger partial charge in [0.25, 0.3) is 5.91 Å². The van der Waals surface area contributed by atoms with Gasteiger partial charge in [0, 0.05) is 19.6 Å². The van der Waals surface area contributed by atoms with Crippen molar-refractivity contribution >= 4 is 14.2 Å². The fourth-order valence-corrected chi connectivity index (χ4v) is 2.78. The maximum Gasteiger partial charge on any atom is 0.251 e. The van der Waals surface area contributed by atoms with E-state index in [1.165, 1.54) is 7.11 Å². The molecule has 3 unspecified atom stereocenters. The van der Waals surface area contributed by atoms with Gasteiger partial charge in [0.2, 0.25) is 0 Å². The number of hydrogen-bond donors (Lipinski definition) is 1. The van der Waals surface area contributed by atoms with Crippen molar-refractivity contribution in [3.8, 4) is 0 Å². The third-order valence-corrected chi connectivity index (χ3v) is 9.08. The predicted molar refractivity (Wildman–Crippen MR) is 87.3 cm³/mol. The second-order valence-electron chi connectivity index (χ2n) is 7.35. The highest BCUT2D eigenvalue weighted by Crippen LogP contribution is 2.37. The Balaban J connectivity index is 4.60. The molecule has 3 atom stereocenters. The minimum atomic E-state index is -1.84. The maximum atomic E-state index is 12.0. The highest BCUT2D eigenvalue weighted by atomic mass is 28.4. The topological polar surface area (TPSA) is 59.0 Å². The molecule has 0 aromatic carbocycles. The molecule has 0 radical (unpaired) electrons. The van der Waals surface area contributed by atoms with Crippen molar-refractivity contribution < 1.29 is 19.2 Å². The van der Waals surface area contributed by atoms with Gasteiger partial charge in [-0.1, -0.05) is 34.6 Å². The van der Waals surface area contributed by atoms with E-state index in [0.29, 0.717) is 6.61 Å². The molecule has 126 valence electrons. The summed E-state index contributed by atoms with van der Waals surface area (Å²) in [6.45, 7) is 15.0. The lowest BCUT2D eigenvalue weighted by atomic mass is 9.93. The summed E-state index contributed by atoms with van der Waals surface area (Å²) in [7, 11) is 1.14. The number of nitrogens with zero attached hydrogens (tertiary/aromatic N) is 1. The van der Waals surface area contributed by atoms with Crippen molar-refractivity contribution in [2.45, 2.75) is 58.9 Å². The number of aliphatic hydroxyl groups excluding tert-OH is 1. The van der Waals surface area contributed by atoms with Crippen molar-refractivity contribution in [2.75, 3.05) is 20.8 Å². The standard InChI is InChI=1S/C15H33NO4Si/c1-11(10-20-21(8,9)15(3,4)5)13(17)12(2)14(18)16(6)19-7/h11-13,17H,10H2,1-9H3. The molecule has 21 heavy (non-hydrogen) atoms. The smallest absolute Gasteiger partial charge is 0.251 e. The quantitative estimate of drug-likeness (QED) is 0.579. The number of rotatable bonds is 7. The molecular formula is C15H33NO4Si. The summed E-state index contributed by atoms with van der Waals surface area (Å²) in [5.74, 6) is -0.861. The van der Waals surface area contributed by atoms with Crippen LogP contribution in [0.5, 0.6) is 0 Å². The Bertz CT molecular complexity index is 341. The maximum absolute atomic E-state index is 12.0. The van der Waals surface area contributed by atoms with E-state index >= 15 is 0 Å². The molecule has 1 N–H and O–H groups in total. The molecule has 0 aliphatic carbocycles. The zero-order valence-electron chi connectivity index (χ0n) is 15.1. The molecule has 0 aliphatic heterocycles. The summed E-state index contributed by atoms with van der Waals surface area (Å²) in [6, 6.07) is 0. The van der Waals surface area contributed by atoms with Gasteiger partial charge in [0.1, 0.15) is 0 Å². The molecule has 0 aliphatic rings. The Morgan fingerprint density at radius 2 is 1.76 bits per heavy atom. The van der Waals surface area contributed by atoms with Crippen LogP contribution >= 0.6 is 0 Å². The third kappa shape index (κ3) is 5.69. The van der Waals surface area contributed by atoms with Crippen molar-refractivity contribution in [3.05, 3.63) is 0 Å². The summed E-state index contributed by atoms with van der Waals surface area (Å²) in [5.41, 5.74) is 0. The first-order valence-electron chi connectivity index (χ1n) is 7.49. The molecule has 0 saturated heterocycles. The molecule has 1 amide bonds. The minimum absolute atomic E-state index is 0.108. The van der Waals surface area contributed by atoms with E-state index < -0.39 is 20.3 Å². The molecule has 5 nitrogen and oxygen atoms in total. The average Bonchev–Trinajstić information content (AvgIpc) is 2.40. The number of amides is 1. The van der Waals surface area contributed by atoms with Crippen LogP contribution in [0.1, 0.15) is 34.6 Å². The van der Waals surface area contributed by atoms with Crippen molar-refractivity contribution in [1.82, 2.24) is 5.06 Å². The Morgan fingerprint density at radius 1 is 1.29 bits per heavy atom. The van der Waals surface area contributed by atoms with Gasteiger partial charge in [-0.25, -0.2) is 5.06 Å². The first-order valence-corrected chi connectivity index (χ1v) is 10.4. The Labute approximate surface area is 130 Å². The second kappa shape index (κ2) is 7.72. The first-order chi connectivity index (χ1) is 9.35. The second-order valence-corrected chi connectivity index (χ2v) is 12.2. The lowest BCUT2D eigenvalue weighted by molar-refractivity contribution is -0.177. The highest BCUT2D eigenvalue weighted by molar-refractivity contribution is 6.74. The van der Waals surface area contributed by atoms with Gasteiger partial charge in [-0.2, -0.15) is 0 Å². The fourth-order valence-electron chi connectivity index (χ4n) is 1.67. The average molecular weight is 320 g/mol. The number of aliphatic hydroxyl groups is 1. The number of carbonyl (C=O) groups excluding carboxylic acids is 1. The summed E-state index contributed by atoms with van der Waals surface area (Å²) in [5, 5.41) is 11.6. The van der Waals surface area contributed by atoms with E-state index in [9.17, 15) is 9.90 Å². The zero-order valence-corrected chi connectivity index (χ0v) is 16.1. The molecular weight excluding hydrogens is 286 g/mol. The van der Waals surface area contributed by atoms with Gasteiger partial charge in [0.05, 0.1) is 19.1 Å². The molecule has 0 rings (SSSR count). The molecule has 0 heterocycles. The number of hydroxylamine groups is 2. The fraction of sp³-hybridized carbons (Fsp3) is 0.933. The predicted octanol–water partition coefficient (Wildman–Crippen LogP) is 2.66. The van der Waals surface area contributed by atoms with Crippen LogP contribution < -0.4 is 0 Å². The Hall–Kier alpha value is -0.433. The molecule has 0 spiro atoms. The van der Waals surface area contributed by atoms with Crippen LogP contribution in [0.25, 0.3) is 0 Å². The van der Waals surface area contributed by atoms with E-state index in [1.807, 2.05) is 6.92 Å². The number of hydrogen-bond acceptors (Lipinski definition) is 4. The Morgan fingerprint density at radius 3 is 2.14 bits per heavy atom. The molecule has 0 bridgehead atoms. The summed E-state index contributed by atoms with van der Waals surface area (Å²) in [6.07, 6.45) is -0.750. The Kier molecular flexibility index (Phi) is 7.56. The van der Waals surface area contributed by atoms with Gasteiger partial charge >= 0.3 is 0 Å². The van der Waals surface area contributed by atoms with Crippen molar-refractivity contribution in [1.29, 1.82) is 0 Å². The summed E-state index contributed by atoms with van der Waals surface area (Å²) < 4.78 is 6.12. The molecule has 0 fully saturated rings. The first kappa shape index (κ1) is 20.6. The van der Waals surface area contributed by atoms with Gasteiger partial charge in [-0.05, 0) is 18.1 Å². The van der Waals surface area contributed by atoms with E-state index in [1.54, 1.807) is 14.0 Å². The normalized spacial score (nSPS) is 17.2. The van der Waals surface area contributed by atoms with Crippen LogP contribution in [0.2, 0.25) is 18.1 Å². The van der Waals surface area contributed by atoms with E-state index in [-0.39, 0.29) is 16.9 Å². The van der Waals surface area contributed by atoms with E-state index in [0.717, 1.165) is 5.06 Å². The van der Waals surface area contributed by atoms with Crippen molar-refractivity contribution in [2.24, 2.45) is 11.8 Å². The molecule has 0 aromatic rings. The minimum Gasteiger partial charge on any atom is -0.416 e. The van der Waals surface area contributed by atoms with Crippen molar-refractivity contribution in [3.63, 3.8) is 0 Å². The van der Waals surface area contributed by atoms with Crippen LogP contribution in [-0.2, 0) is 14.1 Å². The van der Waals surface area contributed by atoms with Crippen LogP contribution in [0.15, 0.2) is 0 Å². The lowest BCUT2D eigenvalue weighted by Crippen LogP contribution is -2.45. The SMILES string of the molecule is CON(C)C(=O)C(C)C(O)C(C)CO[Si](C)(C)C(C)(C)C. The highest BCUT2D eigenvalue weighted by Gasteiger charge is 2.38. The monoisotopic (exact) mass is 319 g/mol. The summed E-state index contributed by atoms with van der Waals surface area (Å²) in [4.78, 5) is 16.9. The molecule has 0 aromatic heterocycles. The van der Waals surface area contributed by atoms with Crippen LogP contribution in [0.4, 0.5) is 0 Å². The van der Waals surface area contributed by atoms with Crippen LogP contribution in [0, 0.1) is 11.8 Å². The summed E-state index contributed by atoms with van der Waals surface area (Å²) >= 11 is 0. The largest absolute Gasteiger partial charge is 0.416 e. The van der Waals surface area contributed by atoms with Gasteiger partial charge in [0.15, 0.2) is 8.32 Å². The van der Waals surface area contributed by atoms with Gasteiger partial charge in [-0.3, -0.25) is 9.63 Å². The van der Waals surface area contributed by atoms with E-state index in [4.69, 9.17) is 9.26 Å².